The molecule has 0 unspecified atom stereocenters. The van der Waals surface area contributed by atoms with E-state index in [-0.39, 0.29) is 11.9 Å². The van der Waals surface area contributed by atoms with Crippen molar-refractivity contribution in [1.29, 1.82) is 0 Å². The van der Waals surface area contributed by atoms with Crippen molar-refractivity contribution < 1.29 is 18.0 Å². The van der Waals surface area contributed by atoms with Gasteiger partial charge in [0.25, 0.3) is 11.5 Å². The summed E-state index contributed by atoms with van der Waals surface area (Å²) in [4.78, 5) is 29.4. The number of carbonyl (C=O) groups is 1. The highest BCUT2D eigenvalue weighted by atomic mass is 19.4. The molecule has 0 spiro atoms. The summed E-state index contributed by atoms with van der Waals surface area (Å²) in [5.74, 6) is -0.308. The van der Waals surface area contributed by atoms with E-state index in [0.29, 0.717) is 22.2 Å². The standard InChI is InChI=1S/C24H18F3N3O2/c1-15(20-4-2-3-13-28-20)29-23(32)17-5-11-21-16(14-17)6-12-22(31)30(21)19-9-7-18(8-10-19)24(25,26)27/h2-15H,1H3,(H,29,32)/t15-/m0/s1. The molecule has 8 heteroatoms. The second-order valence-corrected chi connectivity index (χ2v) is 7.27. The van der Waals surface area contributed by atoms with E-state index in [0.717, 1.165) is 17.8 Å². The van der Waals surface area contributed by atoms with E-state index in [2.05, 4.69) is 10.3 Å². The minimum Gasteiger partial charge on any atom is -0.344 e. The van der Waals surface area contributed by atoms with Crippen molar-refractivity contribution in [3.8, 4) is 5.69 Å². The second-order valence-electron chi connectivity index (χ2n) is 7.27. The van der Waals surface area contributed by atoms with Gasteiger partial charge in [0.15, 0.2) is 0 Å². The summed E-state index contributed by atoms with van der Waals surface area (Å²) in [6.45, 7) is 1.82. The molecule has 5 nitrogen and oxygen atoms in total. The van der Waals surface area contributed by atoms with Gasteiger partial charge < -0.3 is 5.32 Å². The lowest BCUT2D eigenvalue weighted by Crippen LogP contribution is -2.27. The fourth-order valence-corrected chi connectivity index (χ4v) is 3.44. The molecule has 0 aliphatic heterocycles. The molecule has 0 saturated carbocycles. The lowest BCUT2D eigenvalue weighted by Gasteiger charge is -2.15. The molecule has 2 aromatic heterocycles. The molecule has 0 fully saturated rings. The van der Waals surface area contributed by atoms with Crippen LogP contribution in [0.1, 0.15) is 34.6 Å². The van der Waals surface area contributed by atoms with Crippen LogP contribution in [0.15, 0.2) is 83.8 Å². The van der Waals surface area contributed by atoms with Crippen LogP contribution in [-0.2, 0) is 6.18 Å². The summed E-state index contributed by atoms with van der Waals surface area (Å²) in [6, 6.07) is 17.2. The Bertz CT molecular complexity index is 1330. The Morgan fingerprint density at radius 3 is 2.41 bits per heavy atom. The topological polar surface area (TPSA) is 64.0 Å². The first-order valence-corrected chi connectivity index (χ1v) is 9.79. The predicted octanol–water partition coefficient (Wildman–Crippen LogP) is 4.90. The van der Waals surface area contributed by atoms with Crippen molar-refractivity contribution in [1.82, 2.24) is 14.9 Å². The van der Waals surface area contributed by atoms with Gasteiger partial charge in [-0.05, 0) is 73.0 Å². The fourth-order valence-electron chi connectivity index (χ4n) is 3.44. The minimum absolute atomic E-state index is 0.301. The molecule has 1 atom stereocenters. The fraction of sp³-hybridized carbons (Fsp3) is 0.125. The van der Waals surface area contributed by atoms with Gasteiger partial charge in [0.2, 0.25) is 0 Å². The third-order valence-corrected chi connectivity index (χ3v) is 5.09. The number of nitrogens with zero attached hydrogens (tertiary/aromatic N) is 2. The first-order valence-electron chi connectivity index (χ1n) is 9.79. The number of pyridine rings is 2. The Kier molecular flexibility index (Phi) is 5.52. The normalized spacial score (nSPS) is 12.5. The van der Waals surface area contributed by atoms with Crippen molar-refractivity contribution in [3.05, 3.63) is 106 Å². The number of hydrogen-bond donors (Lipinski definition) is 1. The molecule has 1 N–H and O–H groups in total. The highest BCUT2D eigenvalue weighted by molar-refractivity contribution is 5.98. The highest BCUT2D eigenvalue weighted by Crippen LogP contribution is 2.30. The van der Waals surface area contributed by atoms with Crippen LogP contribution in [0.2, 0.25) is 0 Å². The predicted molar refractivity (Wildman–Crippen MR) is 115 cm³/mol. The number of halogens is 3. The monoisotopic (exact) mass is 437 g/mol. The average Bonchev–Trinajstić information content (AvgIpc) is 2.78. The zero-order chi connectivity index (χ0) is 22.9. The lowest BCUT2D eigenvalue weighted by atomic mass is 10.1. The maximum atomic E-state index is 12.9. The molecule has 0 saturated heterocycles. The molecule has 0 aliphatic rings. The van der Waals surface area contributed by atoms with Crippen LogP contribution in [0.3, 0.4) is 0 Å². The zero-order valence-corrected chi connectivity index (χ0v) is 16.9. The molecule has 0 aliphatic carbocycles. The van der Waals surface area contributed by atoms with Gasteiger partial charge in [-0.1, -0.05) is 6.07 Å². The molecule has 162 valence electrons. The number of hydrogen-bond acceptors (Lipinski definition) is 3. The average molecular weight is 437 g/mol. The van der Waals surface area contributed by atoms with Crippen molar-refractivity contribution in [2.45, 2.75) is 19.1 Å². The highest BCUT2D eigenvalue weighted by Gasteiger charge is 2.30. The summed E-state index contributed by atoms with van der Waals surface area (Å²) in [7, 11) is 0. The van der Waals surface area contributed by atoms with Crippen LogP contribution < -0.4 is 10.9 Å². The largest absolute Gasteiger partial charge is 0.416 e. The van der Waals surface area contributed by atoms with Gasteiger partial charge in [0, 0.05) is 23.5 Å². The van der Waals surface area contributed by atoms with E-state index in [1.165, 1.54) is 22.8 Å². The third kappa shape index (κ3) is 4.25. The second kappa shape index (κ2) is 8.30. The van der Waals surface area contributed by atoms with Gasteiger partial charge in [-0.15, -0.1) is 0 Å². The summed E-state index contributed by atoms with van der Waals surface area (Å²) in [5.41, 5.74) is 0.700. The van der Waals surface area contributed by atoms with Gasteiger partial charge in [-0.25, -0.2) is 0 Å². The zero-order valence-electron chi connectivity index (χ0n) is 16.9. The minimum atomic E-state index is -4.46. The molecule has 2 heterocycles. The molecule has 0 radical (unpaired) electrons. The molecule has 32 heavy (non-hydrogen) atoms. The maximum Gasteiger partial charge on any atom is 0.416 e. The van der Waals surface area contributed by atoms with Gasteiger partial charge in [-0.2, -0.15) is 13.2 Å². The summed E-state index contributed by atoms with van der Waals surface area (Å²) in [5, 5.41) is 3.48. The number of rotatable bonds is 4. The van der Waals surface area contributed by atoms with Crippen molar-refractivity contribution in [2.24, 2.45) is 0 Å². The van der Waals surface area contributed by atoms with E-state index in [1.54, 1.807) is 36.5 Å². The van der Waals surface area contributed by atoms with Crippen LogP contribution in [0.4, 0.5) is 13.2 Å². The van der Waals surface area contributed by atoms with Crippen LogP contribution in [-0.4, -0.2) is 15.5 Å². The number of aromatic nitrogens is 2. The van der Waals surface area contributed by atoms with Crippen LogP contribution >= 0.6 is 0 Å². The number of fused-ring (bicyclic) bond motifs is 1. The number of amides is 1. The van der Waals surface area contributed by atoms with Gasteiger partial charge >= 0.3 is 6.18 Å². The third-order valence-electron chi connectivity index (χ3n) is 5.09. The Labute approximate surface area is 181 Å². The Hall–Kier alpha value is -3.94. The Morgan fingerprint density at radius 2 is 1.75 bits per heavy atom. The van der Waals surface area contributed by atoms with E-state index in [9.17, 15) is 22.8 Å². The van der Waals surface area contributed by atoms with Crippen LogP contribution in [0.5, 0.6) is 0 Å². The number of nitrogens with one attached hydrogen (secondary N) is 1. The number of benzene rings is 2. The van der Waals surface area contributed by atoms with Crippen molar-refractivity contribution in [2.75, 3.05) is 0 Å². The number of alkyl halides is 3. The molecule has 2 aromatic carbocycles. The smallest absolute Gasteiger partial charge is 0.344 e. The van der Waals surface area contributed by atoms with Gasteiger partial charge in [0.05, 0.1) is 22.8 Å². The van der Waals surface area contributed by atoms with E-state index in [1.807, 2.05) is 19.1 Å². The lowest BCUT2D eigenvalue weighted by molar-refractivity contribution is -0.137. The maximum absolute atomic E-state index is 12.9. The van der Waals surface area contributed by atoms with E-state index in [4.69, 9.17) is 0 Å². The quantitative estimate of drug-likeness (QED) is 0.494. The van der Waals surface area contributed by atoms with Crippen LogP contribution in [0, 0.1) is 0 Å². The summed E-state index contributed by atoms with van der Waals surface area (Å²) in [6.07, 6.45) is -2.81. The molecule has 4 rings (SSSR count). The van der Waals surface area contributed by atoms with Crippen molar-refractivity contribution >= 4 is 16.8 Å². The number of carbonyl (C=O) groups excluding carboxylic acids is 1. The van der Waals surface area contributed by atoms with E-state index < -0.39 is 17.3 Å². The Balaban J connectivity index is 1.67. The molecule has 4 aromatic rings. The summed E-state index contributed by atoms with van der Waals surface area (Å²) >= 11 is 0. The first kappa shape index (κ1) is 21.3. The SMILES string of the molecule is C[C@H](NC(=O)c1ccc2c(ccc(=O)n2-c2ccc(C(F)(F)F)cc2)c1)c1ccccn1. The van der Waals surface area contributed by atoms with Gasteiger partial charge in [-0.3, -0.25) is 19.1 Å². The van der Waals surface area contributed by atoms with E-state index >= 15 is 0 Å². The molecule has 0 bridgehead atoms. The molecular weight excluding hydrogens is 419 g/mol. The Morgan fingerprint density at radius 1 is 1.00 bits per heavy atom. The van der Waals surface area contributed by atoms with Crippen molar-refractivity contribution in [3.63, 3.8) is 0 Å². The summed E-state index contributed by atoms with van der Waals surface area (Å²) < 4.78 is 39.9. The molecule has 1 amide bonds. The first-order chi connectivity index (χ1) is 15.2. The van der Waals surface area contributed by atoms with Crippen LogP contribution in [0.25, 0.3) is 16.6 Å². The van der Waals surface area contributed by atoms with Gasteiger partial charge in [0.1, 0.15) is 0 Å². The molecular formula is C24H18F3N3O2.